The number of carbonyl (C=O) groups is 4. The SMILES string of the molecule is CC(C1CC1)N(Cc1ccccc1)C(=O)CN1C(=O)NC2(C1=O)C(=O)N(C)c1ccccc12. The van der Waals surface area contributed by atoms with Crippen molar-refractivity contribution in [3.63, 3.8) is 0 Å². The number of rotatable bonds is 6. The Bertz CT molecular complexity index is 1150. The maximum Gasteiger partial charge on any atom is 0.326 e. The summed E-state index contributed by atoms with van der Waals surface area (Å²) in [4.78, 5) is 56.9. The van der Waals surface area contributed by atoms with Gasteiger partial charge in [-0.25, -0.2) is 4.79 Å². The van der Waals surface area contributed by atoms with Crippen LogP contribution in [-0.2, 0) is 26.5 Å². The topological polar surface area (TPSA) is 90.0 Å². The van der Waals surface area contributed by atoms with Gasteiger partial charge in [0.15, 0.2) is 0 Å². The minimum absolute atomic E-state index is 0.00703. The number of benzene rings is 2. The minimum Gasteiger partial charge on any atom is -0.334 e. The van der Waals surface area contributed by atoms with Crippen LogP contribution >= 0.6 is 0 Å². The number of nitrogens with zero attached hydrogens (tertiary/aromatic N) is 3. The molecule has 0 bridgehead atoms. The molecule has 2 fully saturated rings. The van der Waals surface area contributed by atoms with Gasteiger partial charge in [-0.2, -0.15) is 0 Å². The van der Waals surface area contributed by atoms with Gasteiger partial charge in [0.1, 0.15) is 6.54 Å². The second-order valence-corrected chi connectivity index (χ2v) is 9.04. The van der Waals surface area contributed by atoms with Crippen molar-refractivity contribution in [1.29, 1.82) is 0 Å². The van der Waals surface area contributed by atoms with Crippen LogP contribution in [-0.4, -0.2) is 53.2 Å². The molecule has 2 aromatic carbocycles. The average Bonchev–Trinajstić information content (AvgIpc) is 3.62. The highest BCUT2D eigenvalue weighted by molar-refractivity contribution is 6.27. The predicted molar refractivity (Wildman–Crippen MR) is 121 cm³/mol. The van der Waals surface area contributed by atoms with E-state index < -0.39 is 29.9 Å². The van der Waals surface area contributed by atoms with Crippen LogP contribution in [0.25, 0.3) is 0 Å². The number of para-hydroxylation sites is 1. The van der Waals surface area contributed by atoms with Crippen molar-refractivity contribution < 1.29 is 19.2 Å². The fourth-order valence-electron chi connectivity index (χ4n) is 4.91. The molecule has 2 heterocycles. The minimum atomic E-state index is -1.81. The fourth-order valence-corrected chi connectivity index (χ4v) is 4.91. The quantitative estimate of drug-likeness (QED) is 0.544. The highest BCUT2D eigenvalue weighted by atomic mass is 16.2. The molecule has 3 aliphatic rings. The summed E-state index contributed by atoms with van der Waals surface area (Å²) in [5, 5.41) is 2.60. The maximum atomic E-state index is 13.5. The van der Waals surface area contributed by atoms with Gasteiger partial charge < -0.3 is 15.1 Å². The number of hydrogen-bond donors (Lipinski definition) is 1. The van der Waals surface area contributed by atoms with Gasteiger partial charge in [-0.3, -0.25) is 19.3 Å². The first kappa shape index (κ1) is 21.2. The van der Waals surface area contributed by atoms with Crippen molar-refractivity contribution in [2.24, 2.45) is 5.92 Å². The summed E-state index contributed by atoms with van der Waals surface area (Å²) in [7, 11) is 1.57. The van der Waals surface area contributed by atoms with Crippen molar-refractivity contribution in [3.05, 3.63) is 65.7 Å². The third-order valence-corrected chi connectivity index (χ3v) is 7.01. The first-order valence-corrected chi connectivity index (χ1v) is 11.2. The lowest BCUT2D eigenvalue weighted by Gasteiger charge is -2.31. The molecule has 0 aromatic heterocycles. The lowest BCUT2D eigenvalue weighted by Crippen LogP contribution is -2.52. The number of urea groups is 1. The van der Waals surface area contributed by atoms with E-state index in [1.165, 1.54) is 4.90 Å². The Morgan fingerprint density at radius 1 is 1.06 bits per heavy atom. The van der Waals surface area contributed by atoms with E-state index in [1.54, 1.807) is 36.2 Å². The summed E-state index contributed by atoms with van der Waals surface area (Å²) < 4.78 is 0. The summed E-state index contributed by atoms with van der Waals surface area (Å²) in [5.41, 5.74) is 0.166. The second-order valence-electron chi connectivity index (χ2n) is 9.04. The van der Waals surface area contributed by atoms with E-state index in [1.807, 2.05) is 37.3 Å². The third-order valence-electron chi connectivity index (χ3n) is 7.01. The molecule has 5 amide bonds. The lowest BCUT2D eigenvalue weighted by molar-refractivity contribution is -0.143. The van der Waals surface area contributed by atoms with Gasteiger partial charge in [0.05, 0.1) is 5.69 Å². The molecule has 1 N–H and O–H groups in total. The fraction of sp³-hybridized carbons (Fsp3) is 0.360. The zero-order valence-electron chi connectivity index (χ0n) is 18.7. The maximum absolute atomic E-state index is 13.5. The largest absolute Gasteiger partial charge is 0.334 e. The molecule has 0 radical (unpaired) electrons. The van der Waals surface area contributed by atoms with Gasteiger partial charge in [-0.15, -0.1) is 0 Å². The Balaban J connectivity index is 1.41. The summed E-state index contributed by atoms with van der Waals surface area (Å²) in [6.45, 7) is 2.00. The molecule has 8 heteroatoms. The summed E-state index contributed by atoms with van der Waals surface area (Å²) in [6.07, 6.45) is 2.12. The Morgan fingerprint density at radius 3 is 2.42 bits per heavy atom. The number of imide groups is 1. The van der Waals surface area contributed by atoms with E-state index in [0.717, 1.165) is 23.3 Å². The number of nitrogens with one attached hydrogen (secondary N) is 1. The van der Waals surface area contributed by atoms with Crippen molar-refractivity contribution in [3.8, 4) is 0 Å². The molecule has 2 atom stereocenters. The number of fused-ring (bicyclic) bond motifs is 2. The zero-order valence-corrected chi connectivity index (χ0v) is 18.7. The first-order chi connectivity index (χ1) is 15.8. The number of hydrogen-bond acceptors (Lipinski definition) is 4. The van der Waals surface area contributed by atoms with Gasteiger partial charge in [-0.1, -0.05) is 48.5 Å². The standard InChI is InChI=1S/C25H26N4O4/c1-16(18-12-13-18)28(14-17-8-4-3-5-9-17)21(30)15-29-23(32)25(26-24(29)33)19-10-6-7-11-20(19)27(2)22(25)31/h3-11,16,18H,12-15H2,1-2H3,(H,26,33). The van der Waals surface area contributed by atoms with Crippen LogP contribution in [0.1, 0.15) is 30.9 Å². The second kappa shape index (κ2) is 7.72. The number of anilines is 1. The molecule has 1 aliphatic carbocycles. The Labute approximate surface area is 192 Å². The van der Waals surface area contributed by atoms with E-state index in [-0.39, 0.29) is 11.9 Å². The molecule has 170 valence electrons. The molecule has 33 heavy (non-hydrogen) atoms. The van der Waals surface area contributed by atoms with E-state index in [4.69, 9.17) is 0 Å². The van der Waals surface area contributed by atoms with Crippen LogP contribution in [0.4, 0.5) is 10.5 Å². The highest BCUT2D eigenvalue weighted by Gasteiger charge is 2.63. The monoisotopic (exact) mass is 446 g/mol. The van der Waals surface area contributed by atoms with Crippen LogP contribution in [0.2, 0.25) is 0 Å². The van der Waals surface area contributed by atoms with Crippen molar-refractivity contribution in [1.82, 2.24) is 15.1 Å². The van der Waals surface area contributed by atoms with E-state index in [2.05, 4.69) is 5.32 Å². The van der Waals surface area contributed by atoms with Crippen LogP contribution in [0.3, 0.4) is 0 Å². The summed E-state index contributed by atoms with van der Waals surface area (Å²) >= 11 is 0. The summed E-state index contributed by atoms with van der Waals surface area (Å²) in [6, 6.07) is 15.8. The van der Waals surface area contributed by atoms with Gasteiger partial charge in [0, 0.05) is 25.2 Å². The van der Waals surface area contributed by atoms with Crippen LogP contribution < -0.4 is 10.2 Å². The first-order valence-electron chi connectivity index (χ1n) is 11.2. The molecular formula is C25H26N4O4. The smallest absolute Gasteiger partial charge is 0.326 e. The van der Waals surface area contributed by atoms with Crippen molar-refractivity contribution in [2.75, 3.05) is 18.5 Å². The summed E-state index contributed by atoms with van der Waals surface area (Å²) in [5.74, 6) is -1.12. The van der Waals surface area contributed by atoms with Crippen LogP contribution in [0.15, 0.2) is 54.6 Å². The molecule has 1 saturated heterocycles. The van der Waals surface area contributed by atoms with E-state index in [0.29, 0.717) is 23.7 Å². The number of amides is 5. The zero-order chi connectivity index (χ0) is 23.3. The molecule has 2 unspecified atom stereocenters. The average molecular weight is 447 g/mol. The van der Waals surface area contributed by atoms with Gasteiger partial charge in [-0.05, 0) is 37.3 Å². The molecule has 1 spiro atoms. The van der Waals surface area contributed by atoms with Crippen molar-refractivity contribution >= 4 is 29.4 Å². The highest BCUT2D eigenvalue weighted by Crippen LogP contribution is 2.43. The van der Waals surface area contributed by atoms with Gasteiger partial charge in [0.25, 0.3) is 11.8 Å². The molecule has 2 aromatic rings. The third kappa shape index (κ3) is 3.28. The van der Waals surface area contributed by atoms with E-state index in [9.17, 15) is 19.2 Å². The predicted octanol–water partition coefficient (Wildman–Crippen LogP) is 2.24. The van der Waals surface area contributed by atoms with Gasteiger partial charge in [0.2, 0.25) is 11.4 Å². The van der Waals surface area contributed by atoms with Gasteiger partial charge >= 0.3 is 6.03 Å². The lowest BCUT2D eigenvalue weighted by atomic mass is 9.91. The Kier molecular flexibility index (Phi) is 4.96. The van der Waals surface area contributed by atoms with Crippen LogP contribution in [0, 0.1) is 5.92 Å². The Morgan fingerprint density at radius 2 is 1.73 bits per heavy atom. The van der Waals surface area contributed by atoms with Crippen molar-refractivity contribution in [2.45, 2.75) is 37.9 Å². The van der Waals surface area contributed by atoms with E-state index >= 15 is 0 Å². The number of likely N-dealkylation sites (N-methyl/N-ethyl adjacent to an activating group) is 1. The molecule has 8 nitrogen and oxygen atoms in total. The Hall–Kier alpha value is -3.68. The normalized spacial score (nSPS) is 22.5. The molecular weight excluding hydrogens is 420 g/mol. The number of carbonyl (C=O) groups excluding carboxylic acids is 4. The van der Waals surface area contributed by atoms with Crippen LogP contribution in [0.5, 0.6) is 0 Å². The molecule has 2 aliphatic heterocycles. The molecule has 5 rings (SSSR count). The molecule has 1 saturated carbocycles.